The minimum atomic E-state index is -1.06. The summed E-state index contributed by atoms with van der Waals surface area (Å²) in [5.74, 6) is -2.85. The van der Waals surface area contributed by atoms with Crippen LogP contribution >= 0.6 is 11.6 Å². The van der Waals surface area contributed by atoms with Gasteiger partial charge in [0.1, 0.15) is 29.2 Å². The van der Waals surface area contributed by atoms with Gasteiger partial charge in [-0.1, -0.05) is 17.7 Å². The van der Waals surface area contributed by atoms with Gasteiger partial charge in [0.05, 0.1) is 12.2 Å². The van der Waals surface area contributed by atoms with Crippen LogP contribution in [0.4, 0.5) is 25.1 Å². The molecule has 37 heavy (non-hydrogen) atoms. The molecule has 2 aromatic heterocycles. The Bertz CT molecular complexity index is 1300. The van der Waals surface area contributed by atoms with E-state index in [9.17, 15) is 23.2 Å². The van der Waals surface area contributed by atoms with Crippen LogP contribution in [-0.2, 0) is 20.9 Å². The Morgan fingerprint density at radius 2 is 1.97 bits per heavy atom. The number of hydrogen-bond acceptors (Lipinski definition) is 8. The molecule has 2 N–H and O–H groups in total. The maximum Gasteiger partial charge on any atom is 0.417 e. The lowest BCUT2D eigenvalue weighted by molar-refractivity contribution is -0.143. The number of aromatic nitrogens is 3. The van der Waals surface area contributed by atoms with Crippen molar-refractivity contribution in [2.24, 2.45) is 0 Å². The average molecular weight is 537 g/mol. The highest BCUT2D eigenvalue weighted by Gasteiger charge is 2.24. The van der Waals surface area contributed by atoms with E-state index in [2.05, 4.69) is 20.7 Å². The Morgan fingerprint density at radius 1 is 1.22 bits per heavy atom. The van der Waals surface area contributed by atoms with Crippen LogP contribution < -0.4 is 15.5 Å². The molecule has 0 aliphatic carbocycles. The van der Waals surface area contributed by atoms with Gasteiger partial charge in [0.15, 0.2) is 11.9 Å². The number of halogens is 3. The second-order valence-electron chi connectivity index (χ2n) is 7.59. The predicted molar refractivity (Wildman–Crippen MR) is 129 cm³/mol. The van der Waals surface area contributed by atoms with Crippen molar-refractivity contribution in [1.82, 2.24) is 20.1 Å². The molecule has 0 spiro atoms. The first-order chi connectivity index (χ1) is 17.6. The summed E-state index contributed by atoms with van der Waals surface area (Å²) in [6.45, 7) is 1.37. The first-order valence-electron chi connectivity index (χ1n) is 10.8. The third-order valence-corrected chi connectivity index (χ3v) is 5.17. The molecule has 0 radical (unpaired) electrons. The average Bonchev–Trinajstić information content (AvgIpc) is 3.26. The molecule has 1 unspecified atom stereocenters. The SMILES string of the molecule is CNCC(=O)OCc1cccnc1N(C)C(=O)OC(C)n1nc(C(=O)Nc2ccc(F)cc2F)cc1Cl. The largest absolute Gasteiger partial charge is 0.460 e. The maximum atomic E-state index is 13.8. The molecule has 2 heterocycles. The third-order valence-electron chi connectivity index (χ3n) is 4.89. The third kappa shape index (κ3) is 6.98. The van der Waals surface area contributed by atoms with Crippen molar-refractivity contribution in [3.8, 4) is 0 Å². The molecule has 0 saturated heterocycles. The molecule has 196 valence electrons. The summed E-state index contributed by atoms with van der Waals surface area (Å²) in [6.07, 6.45) is -0.437. The molecule has 0 aliphatic heterocycles. The Labute approximate surface area is 215 Å². The quantitative estimate of drug-likeness (QED) is 0.398. The van der Waals surface area contributed by atoms with Gasteiger partial charge in [0.25, 0.3) is 5.91 Å². The van der Waals surface area contributed by atoms with E-state index in [-0.39, 0.29) is 35.5 Å². The van der Waals surface area contributed by atoms with Gasteiger partial charge in [0.2, 0.25) is 0 Å². The highest BCUT2D eigenvalue weighted by atomic mass is 35.5. The topological polar surface area (TPSA) is 128 Å². The van der Waals surface area contributed by atoms with E-state index >= 15 is 0 Å². The van der Waals surface area contributed by atoms with E-state index < -0.39 is 35.8 Å². The summed E-state index contributed by atoms with van der Waals surface area (Å²) < 4.78 is 38.6. The number of amides is 2. The second-order valence-corrected chi connectivity index (χ2v) is 7.98. The molecule has 3 rings (SSSR count). The number of rotatable bonds is 9. The second kappa shape index (κ2) is 12.2. The predicted octanol–water partition coefficient (Wildman–Crippen LogP) is 3.52. The van der Waals surface area contributed by atoms with Crippen LogP contribution in [0.2, 0.25) is 5.15 Å². The molecule has 0 bridgehead atoms. The zero-order valence-electron chi connectivity index (χ0n) is 20.0. The number of esters is 1. The van der Waals surface area contributed by atoms with Gasteiger partial charge in [-0.15, -0.1) is 0 Å². The molecular weight excluding hydrogens is 514 g/mol. The van der Waals surface area contributed by atoms with Crippen LogP contribution in [0, 0.1) is 11.6 Å². The van der Waals surface area contributed by atoms with Crippen LogP contribution in [0.25, 0.3) is 0 Å². The van der Waals surface area contributed by atoms with Crippen molar-refractivity contribution in [3.63, 3.8) is 0 Å². The lowest BCUT2D eigenvalue weighted by Gasteiger charge is -2.22. The zero-order chi connectivity index (χ0) is 27.1. The highest BCUT2D eigenvalue weighted by molar-refractivity contribution is 6.30. The standard InChI is InChI=1S/C23H23ClF2N6O5/c1-13(32-19(24)10-18(30-32)22(34)29-17-7-6-15(25)9-16(17)26)37-23(35)31(3)21-14(5-4-8-28-21)12-36-20(33)11-27-2/h4-10,13,27H,11-12H2,1-3H3,(H,29,34). The normalized spacial score (nSPS) is 11.5. The van der Waals surface area contributed by atoms with Gasteiger partial charge >= 0.3 is 12.1 Å². The number of carbonyl (C=O) groups is 3. The summed E-state index contributed by atoms with van der Waals surface area (Å²) in [4.78, 5) is 42.2. The molecule has 2 amide bonds. The zero-order valence-corrected chi connectivity index (χ0v) is 20.8. The summed E-state index contributed by atoms with van der Waals surface area (Å²) in [5, 5.41) is 8.93. The van der Waals surface area contributed by atoms with Crippen LogP contribution in [0.3, 0.4) is 0 Å². The number of nitrogens with zero attached hydrogens (tertiary/aromatic N) is 4. The minimum absolute atomic E-state index is 0.0223. The van der Waals surface area contributed by atoms with Crippen molar-refractivity contribution < 1.29 is 32.6 Å². The lowest BCUT2D eigenvalue weighted by atomic mass is 10.2. The van der Waals surface area contributed by atoms with Crippen molar-refractivity contribution in [2.75, 3.05) is 30.9 Å². The molecule has 14 heteroatoms. The Balaban J connectivity index is 1.68. The fourth-order valence-electron chi connectivity index (χ4n) is 3.07. The van der Waals surface area contributed by atoms with Gasteiger partial charge in [-0.05, 0) is 32.2 Å². The van der Waals surface area contributed by atoms with Crippen LogP contribution in [0.5, 0.6) is 0 Å². The Morgan fingerprint density at radius 3 is 2.68 bits per heavy atom. The van der Waals surface area contributed by atoms with E-state index in [1.54, 1.807) is 19.2 Å². The number of anilines is 2. The van der Waals surface area contributed by atoms with E-state index in [4.69, 9.17) is 21.1 Å². The number of carbonyl (C=O) groups excluding carboxylic acids is 3. The van der Waals surface area contributed by atoms with Gasteiger partial charge in [0, 0.05) is 30.9 Å². The monoisotopic (exact) mass is 536 g/mol. The number of likely N-dealkylation sites (N-methyl/N-ethyl adjacent to an activating group) is 1. The van der Waals surface area contributed by atoms with Crippen LogP contribution in [0.15, 0.2) is 42.6 Å². The smallest absolute Gasteiger partial charge is 0.417 e. The van der Waals surface area contributed by atoms with E-state index in [1.165, 1.54) is 26.2 Å². The van der Waals surface area contributed by atoms with E-state index in [0.29, 0.717) is 11.6 Å². The summed E-state index contributed by atoms with van der Waals surface area (Å²) in [6, 6.07) is 7.14. The van der Waals surface area contributed by atoms with Crippen LogP contribution in [-0.4, -0.2) is 53.4 Å². The van der Waals surface area contributed by atoms with Gasteiger partial charge in [-0.3, -0.25) is 14.5 Å². The lowest BCUT2D eigenvalue weighted by Crippen LogP contribution is -2.31. The summed E-state index contributed by atoms with van der Waals surface area (Å²) in [7, 11) is 3.02. The Kier molecular flexibility index (Phi) is 9.09. The number of benzene rings is 1. The Hall–Kier alpha value is -4.10. The summed E-state index contributed by atoms with van der Waals surface area (Å²) in [5.41, 5.74) is 0.0181. The van der Waals surface area contributed by atoms with E-state index in [0.717, 1.165) is 21.7 Å². The fourth-order valence-corrected chi connectivity index (χ4v) is 3.35. The first-order valence-corrected chi connectivity index (χ1v) is 11.2. The van der Waals surface area contributed by atoms with Gasteiger partial charge in [-0.25, -0.2) is 23.2 Å². The van der Waals surface area contributed by atoms with Crippen molar-refractivity contribution in [1.29, 1.82) is 0 Å². The first kappa shape index (κ1) is 27.5. The van der Waals surface area contributed by atoms with Crippen molar-refractivity contribution in [2.45, 2.75) is 19.8 Å². The number of hydrogen-bond donors (Lipinski definition) is 2. The maximum absolute atomic E-state index is 13.8. The molecule has 1 aromatic carbocycles. The molecule has 0 fully saturated rings. The summed E-state index contributed by atoms with van der Waals surface area (Å²) >= 11 is 6.17. The number of pyridine rings is 1. The molecule has 1 atom stereocenters. The highest BCUT2D eigenvalue weighted by Crippen LogP contribution is 2.23. The fraction of sp³-hybridized carbons (Fsp3) is 0.261. The number of ether oxygens (including phenoxy) is 2. The van der Waals surface area contributed by atoms with E-state index in [1.807, 2.05) is 0 Å². The van der Waals surface area contributed by atoms with Gasteiger partial charge in [-0.2, -0.15) is 5.10 Å². The molecule has 0 aliphatic rings. The van der Waals surface area contributed by atoms with Crippen molar-refractivity contribution >= 4 is 41.1 Å². The molecule has 11 nitrogen and oxygen atoms in total. The molecular formula is C23H23ClF2N6O5. The van der Waals surface area contributed by atoms with Gasteiger partial charge < -0.3 is 20.1 Å². The minimum Gasteiger partial charge on any atom is -0.460 e. The molecule has 0 saturated carbocycles. The molecule has 3 aromatic rings. The number of nitrogens with one attached hydrogen (secondary N) is 2. The van der Waals surface area contributed by atoms with Crippen LogP contribution in [0.1, 0.15) is 29.2 Å². The van der Waals surface area contributed by atoms with Crippen molar-refractivity contribution in [3.05, 3.63) is 70.6 Å².